The Balaban J connectivity index is 2.23. The van der Waals surface area contributed by atoms with E-state index in [1.165, 1.54) is 25.3 Å². The zero-order chi connectivity index (χ0) is 15.4. The third kappa shape index (κ3) is 3.81. The van der Waals surface area contributed by atoms with E-state index in [0.717, 1.165) is 25.7 Å². The summed E-state index contributed by atoms with van der Waals surface area (Å²) in [5, 5.41) is 0. The standard InChI is InChI=1S/C15H17BrFNO3/c1-21-14(19)9-18(11-4-2-3-5-11)15(20)10-6-7-13(17)12(16)8-10/h6-8,11H,2-5,9H2,1H3. The lowest BCUT2D eigenvalue weighted by Crippen LogP contribution is -2.42. The minimum Gasteiger partial charge on any atom is -0.468 e. The second-order valence-corrected chi connectivity index (χ2v) is 5.93. The van der Waals surface area contributed by atoms with Gasteiger partial charge < -0.3 is 9.64 Å². The predicted molar refractivity (Wildman–Crippen MR) is 79.4 cm³/mol. The molecule has 0 spiro atoms. The molecule has 1 aliphatic rings. The number of ether oxygens (including phenoxy) is 1. The molecule has 1 amide bonds. The van der Waals surface area contributed by atoms with Gasteiger partial charge in [-0.25, -0.2) is 4.39 Å². The van der Waals surface area contributed by atoms with Crippen LogP contribution in [0.5, 0.6) is 0 Å². The number of halogens is 2. The van der Waals surface area contributed by atoms with Gasteiger partial charge in [-0.1, -0.05) is 12.8 Å². The number of rotatable bonds is 4. The van der Waals surface area contributed by atoms with Crippen LogP contribution in [-0.2, 0) is 9.53 Å². The fourth-order valence-corrected chi connectivity index (χ4v) is 2.96. The van der Waals surface area contributed by atoms with E-state index >= 15 is 0 Å². The largest absolute Gasteiger partial charge is 0.468 e. The fraction of sp³-hybridized carbons (Fsp3) is 0.467. The Morgan fingerprint density at radius 1 is 1.38 bits per heavy atom. The Bertz CT molecular complexity index is 544. The van der Waals surface area contributed by atoms with Crippen LogP contribution in [0.1, 0.15) is 36.0 Å². The molecule has 0 heterocycles. The fourth-order valence-electron chi connectivity index (χ4n) is 2.58. The Labute approximate surface area is 131 Å². The highest BCUT2D eigenvalue weighted by Gasteiger charge is 2.29. The van der Waals surface area contributed by atoms with Crippen molar-refractivity contribution in [3.05, 3.63) is 34.1 Å². The molecule has 1 fully saturated rings. The van der Waals surface area contributed by atoms with Crippen LogP contribution in [0.25, 0.3) is 0 Å². The average Bonchev–Trinajstić information content (AvgIpc) is 3.00. The highest BCUT2D eigenvalue weighted by atomic mass is 79.9. The van der Waals surface area contributed by atoms with Crippen LogP contribution in [-0.4, -0.2) is 36.5 Å². The number of amides is 1. The smallest absolute Gasteiger partial charge is 0.325 e. The zero-order valence-electron chi connectivity index (χ0n) is 11.8. The number of nitrogens with zero attached hydrogens (tertiary/aromatic N) is 1. The molecular weight excluding hydrogens is 341 g/mol. The minimum atomic E-state index is -0.448. The molecule has 0 radical (unpaired) electrons. The molecule has 1 aromatic carbocycles. The molecule has 0 N–H and O–H groups in total. The highest BCUT2D eigenvalue weighted by molar-refractivity contribution is 9.10. The second kappa shape index (κ2) is 7.02. The molecule has 21 heavy (non-hydrogen) atoms. The van der Waals surface area contributed by atoms with Crippen molar-refractivity contribution in [2.45, 2.75) is 31.7 Å². The van der Waals surface area contributed by atoms with Gasteiger partial charge in [0.1, 0.15) is 12.4 Å². The minimum absolute atomic E-state index is 0.0421. The number of hydrogen-bond donors (Lipinski definition) is 0. The van der Waals surface area contributed by atoms with E-state index in [4.69, 9.17) is 0 Å². The SMILES string of the molecule is COC(=O)CN(C(=O)c1ccc(F)c(Br)c1)C1CCCC1. The summed E-state index contributed by atoms with van der Waals surface area (Å²) in [5.41, 5.74) is 0.360. The monoisotopic (exact) mass is 357 g/mol. The first-order chi connectivity index (χ1) is 10.0. The first kappa shape index (κ1) is 15.9. The van der Waals surface area contributed by atoms with E-state index in [9.17, 15) is 14.0 Å². The van der Waals surface area contributed by atoms with Gasteiger partial charge in [-0.15, -0.1) is 0 Å². The van der Waals surface area contributed by atoms with Gasteiger partial charge in [0, 0.05) is 11.6 Å². The van der Waals surface area contributed by atoms with Crippen LogP contribution >= 0.6 is 15.9 Å². The van der Waals surface area contributed by atoms with Crippen LogP contribution in [0.2, 0.25) is 0 Å². The van der Waals surface area contributed by atoms with Gasteiger partial charge in [0.2, 0.25) is 0 Å². The number of carbonyl (C=O) groups is 2. The van der Waals surface area contributed by atoms with Crippen LogP contribution in [0.15, 0.2) is 22.7 Å². The molecule has 0 aromatic heterocycles. The summed E-state index contributed by atoms with van der Waals surface area (Å²) < 4.78 is 18.2. The van der Waals surface area contributed by atoms with Crippen molar-refractivity contribution in [1.29, 1.82) is 0 Å². The maximum atomic E-state index is 13.3. The number of methoxy groups -OCH3 is 1. The molecular formula is C15H17BrFNO3. The van der Waals surface area contributed by atoms with Crippen molar-refractivity contribution < 1.29 is 18.7 Å². The van der Waals surface area contributed by atoms with Crippen molar-refractivity contribution in [3.63, 3.8) is 0 Å². The lowest BCUT2D eigenvalue weighted by Gasteiger charge is -2.28. The first-order valence-corrected chi connectivity index (χ1v) is 7.65. The van der Waals surface area contributed by atoms with E-state index in [1.807, 2.05) is 0 Å². The maximum Gasteiger partial charge on any atom is 0.325 e. The van der Waals surface area contributed by atoms with E-state index < -0.39 is 11.8 Å². The first-order valence-electron chi connectivity index (χ1n) is 6.85. The number of hydrogen-bond acceptors (Lipinski definition) is 3. The molecule has 1 aliphatic carbocycles. The molecule has 114 valence electrons. The lowest BCUT2D eigenvalue weighted by atomic mass is 10.1. The third-order valence-electron chi connectivity index (χ3n) is 3.72. The summed E-state index contributed by atoms with van der Waals surface area (Å²) in [5.74, 6) is -1.14. The van der Waals surface area contributed by atoms with Crippen molar-refractivity contribution in [2.75, 3.05) is 13.7 Å². The molecule has 1 aromatic rings. The Morgan fingerprint density at radius 3 is 2.62 bits per heavy atom. The number of esters is 1. The predicted octanol–water partition coefficient (Wildman–Crippen LogP) is 3.15. The summed E-state index contributed by atoms with van der Waals surface area (Å²) >= 11 is 3.07. The van der Waals surface area contributed by atoms with Crippen molar-refractivity contribution in [2.24, 2.45) is 0 Å². The molecule has 0 aliphatic heterocycles. The van der Waals surface area contributed by atoms with E-state index in [1.54, 1.807) is 4.90 Å². The Morgan fingerprint density at radius 2 is 2.05 bits per heavy atom. The third-order valence-corrected chi connectivity index (χ3v) is 4.33. The van der Waals surface area contributed by atoms with Gasteiger partial charge in [0.05, 0.1) is 11.6 Å². The summed E-state index contributed by atoms with van der Waals surface area (Å²) in [4.78, 5) is 25.7. The normalized spacial score (nSPS) is 15.0. The number of carbonyl (C=O) groups excluding carboxylic acids is 2. The van der Waals surface area contributed by atoms with Gasteiger partial charge in [0.25, 0.3) is 5.91 Å². The molecule has 4 nitrogen and oxygen atoms in total. The zero-order valence-corrected chi connectivity index (χ0v) is 13.4. The lowest BCUT2D eigenvalue weighted by molar-refractivity contribution is -0.141. The molecule has 2 rings (SSSR count). The van der Waals surface area contributed by atoms with Crippen LogP contribution in [0, 0.1) is 5.82 Å². The quantitative estimate of drug-likeness (QED) is 0.777. The molecule has 0 atom stereocenters. The Kier molecular flexibility index (Phi) is 5.33. The van der Waals surface area contributed by atoms with E-state index in [0.29, 0.717) is 5.56 Å². The van der Waals surface area contributed by atoms with Gasteiger partial charge in [-0.3, -0.25) is 9.59 Å². The van der Waals surface area contributed by atoms with E-state index in [2.05, 4.69) is 20.7 Å². The topological polar surface area (TPSA) is 46.6 Å². The van der Waals surface area contributed by atoms with Gasteiger partial charge >= 0.3 is 5.97 Å². The summed E-state index contributed by atoms with van der Waals surface area (Å²) in [6.07, 6.45) is 3.85. The molecule has 0 saturated heterocycles. The highest BCUT2D eigenvalue weighted by Crippen LogP contribution is 2.26. The van der Waals surface area contributed by atoms with Gasteiger partial charge in [-0.05, 0) is 47.0 Å². The van der Waals surface area contributed by atoms with Crippen molar-refractivity contribution in [1.82, 2.24) is 4.90 Å². The Hall–Kier alpha value is -1.43. The number of benzene rings is 1. The summed E-state index contributed by atoms with van der Waals surface area (Å²) in [6.45, 7) is -0.0744. The second-order valence-electron chi connectivity index (χ2n) is 5.08. The summed E-state index contributed by atoms with van der Waals surface area (Å²) in [6, 6.07) is 4.15. The maximum absolute atomic E-state index is 13.3. The van der Waals surface area contributed by atoms with Gasteiger partial charge in [0.15, 0.2) is 0 Å². The van der Waals surface area contributed by atoms with Crippen LogP contribution < -0.4 is 0 Å². The van der Waals surface area contributed by atoms with Crippen molar-refractivity contribution in [3.8, 4) is 0 Å². The molecule has 0 unspecified atom stereocenters. The van der Waals surface area contributed by atoms with Crippen molar-refractivity contribution >= 4 is 27.8 Å². The molecule has 0 bridgehead atoms. The molecule has 6 heteroatoms. The molecule has 1 saturated carbocycles. The summed E-state index contributed by atoms with van der Waals surface area (Å²) in [7, 11) is 1.30. The van der Waals surface area contributed by atoms with Crippen LogP contribution in [0.4, 0.5) is 4.39 Å². The van der Waals surface area contributed by atoms with E-state index in [-0.39, 0.29) is 23.0 Å². The van der Waals surface area contributed by atoms with Crippen LogP contribution in [0.3, 0.4) is 0 Å². The average molecular weight is 358 g/mol. The van der Waals surface area contributed by atoms with Gasteiger partial charge in [-0.2, -0.15) is 0 Å².